The Balaban J connectivity index is 2.13. The molecule has 0 radical (unpaired) electrons. The second-order valence-electron chi connectivity index (χ2n) is 4.15. The SMILES string of the molecule is Cc1cc(Br)cnc1NS(=O)(=O)CC1CC1. The van der Waals surface area contributed by atoms with Crippen LogP contribution in [0.25, 0.3) is 0 Å². The average molecular weight is 305 g/mol. The van der Waals surface area contributed by atoms with Crippen molar-refractivity contribution in [1.82, 2.24) is 4.98 Å². The molecule has 0 unspecified atom stereocenters. The normalized spacial score (nSPS) is 16.1. The van der Waals surface area contributed by atoms with Gasteiger partial charge in [-0.05, 0) is 53.2 Å². The monoisotopic (exact) mass is 304 g/mol. The van der Waals surface area contributed by atoms with Crippen molar-refractivity contribution in [2.75, 3.05) is 10.5 Å². The molecule has 1 aliphatic rings. The van der Waals surface area contributed by atoms with Crippen LogP contribution in [0.2, 0.25) is 0 Å². The van der Waals surface area contributed by atoms with E-state index in [2.05, 4.69) is 25.6 Å². The maximum absolute atomic E-state index is 11.7. The van der Waals surface area contributed by atoms with Gasteiger partial charge < -0.3 is 0 Å². The molecule has 0 atom stereocenters. The number of nitrogens with one attached hydrogen (secondary N) is 1. The molecule has 1 heterocycles. The van der Waals surface area contributed by atoms with Crippen molar-refractivity contribution in [3.05, 3.63) is 22.3 Å². The zero-order chi connectivity index (χ0) is 11.8. The topological polar surface area (TPSA) is 59.1 Å². The lowest BCUT2D eigenvalue weighted by atomic mass is 10.3. The minimum absolute atomic E-state index is 0.212. The van der Waals surface area contributed by atoms with Crippen LogP contribution in [-0.2, 0) is 10.0 Å². The first kappa shape index (κ1) is 11.9. The molecule has 1 N–H and O–H groups in total. The van der Waals surface area contributed by atoms with E-state index in [4.69, 9.17) is 0 Å². The van der Waals surface area contributed by atoms with E-state index in [1.165, 1.54) is 0 Å². The third kappa shape index (κ3) is 3.18. The van der Waals surface area contributed by atoms with Crippen molar-refractivity contribution in [2.24, 2.45) is 5.92 Å². The van der Waals surface area contributed by atoms with E-state index in [1.54, 1.807) is 6.20 Å². The van der Waals surface area contributed by atoms with Crippen molar-refractivity contribution < 1.29 is 8.42 Å². The summed E-state index contributed by atoms with van der Waals surface area (Å²) < 4.78 is 26.8. The molecule has 0 aromatic carbocycles. The number of nitrogens with zero attached hydrogens (tertiary/aromatic N) is 1. The molecule has 88 valence electrons. The van der Waals surface area contributed by atoms with Crippen molar-refractivity contribution >= 4 is 31.8 Å². The first-order chi connectivity index (χ1) is 7.46. The van der Waals surface area contributed by atoms with Gasteiger partial charge in [0.15, 0.2) is 0 Å². The zero-order valence-corrected chi connectivity index (χ0v) is 11.3. The van der Waals surface area contributed by atoms with Crippen LogP contribution in [0.4, 0.5) is 5.82 Å². The summed E-state index contributed by atoms with van der Waals surface area (Å²) in [7, 11) is -3.23. The molecular weight excluding hydrogens is 292 g/mol. The summed E-state index contributed by atoms with van der Waals surface area (Å²) in [5.74, 6) is 0.974. The van der Waals surface area contributed by atoms with Crippen LogP contribution in [0.1, 0.15) is 18.4 Å². The number of hydrogen-bond acceptors (Lipinski definition) is 3. The molecule has 1 aromatic heterocycles. The lowest BCUT2D eigenvalue weighted by Crippen LogP contribution is -2.19. The highest BCUT2D eigenvalue weighted by Gasteiger charge is 2.28. The highest BCUT2D eigenvalue weighted by molar-refractivity contribution is 9.10. The summed E-state index contributed by atoms with van der Waals surface area (Å²) in [4.78, 5) is 4.05. The van der Waals surface area contributed by atoms with Gasteiger partial charge in [-0.2, -0.15) is 0 Å². The summed E-state index contributed by atoms with van der Waals surface area (Å²) in [6.45, 7) is 1.83. The Kier molecular flexibility index (Phi) is 3.21. The highest BCUT2D eigenvalue weighted by atomic mass is 79.9. The van der Waals surface area contributed by atoms with Crippen LogP contribution in [0, 0.1) is 12.8 Å². The van der Waals surface area contributed by atoms with Crippen LogP contribution in [0.5, 0.6) is 0 Å². The van der Waals surface area contributed by atoms with Crippen molar-refractivity contribution in [1.29, 1.82) is 0 Å². The first-order valence-corrected chi connectivity index (χ1v) is 7.53. The van der Waals surface area contributed by atoms with E-state index in [0.29, 0.717) is 11.7 Å². The van der Waals surface area contributed by atoms with E-state index < -0.39 is 10.0 Å². The van der Waals surface area contributed by atoms with Crippen molar-refractivity contribution in [2.45, 2.75) is 19.8 Å². The van der Waals surface area contributed by atoms with Crippen LogP contribution >= 0.6 is 15.9 Å². The van der Waals surface area contributed by atoms with Gasteiger partial charge in [0.05, 0.1) is 5.75 Å². The molecule has 1 aromatic rings. The Hall–Kier alpha value is -0.620. The van der Waals surface area contributed by atoms with Gasteiger partial charge in [0, 0.05) is 10.7 Å². The van der Waals surface area contributed by atoms with Crippen LogP contribution in [-0.4, -0.2) is 19.2 Å². The van der Waals surface area contributed by atoms with Gasteiger partial charge in [-0.25, -0.2) is 13.4 Å². The summed E-state index contributed by atoms with van der Waals surface area (Å²) in [6.07, 6.45) is 3.63. The van der Waals surface area contributed by atoms with E-state index >= 15 is 0 Å². The number of aryl methyl sites for hydroxylation is 1. The fraction of sp³-hybridized carbons (Fsp3) is 0.500. The summed E-state index contributed by atoms with van der Waals surface area (Å²) in [5, 5.41) is 0. The average Bonchev–Trinajstić information content (AvgIpc) is 2.93. The quantitative estimate of drug-likeness (QED) is 0.928. The summed E-state index contributed by atoms with van der Waals surface area (Å²) in [6, 6.07) is 1.84. The highest BCUT2D eigenvalue weighted by Crippen LogP contribution is 2.30. The summed E-state index contributed by atoms with van der Waals surface area (Å²) in [5.41, 5.74) is 0.814. The van der Waals surface area contributed by atoms with Gasteiger partial charge >= 0.3 is 0 Å². The van der Waals surface area contributed by atoms with Crippen LogP contribution in [0.3, 0.4) is 0 Å². The van der Waals surface area contributed by atoms with Gasteiger partial charge in [0.1, 0.15) is 5.82 Å². The minimum atomic E-state index is -3.23. The number of sulfonamides is 1. The molecule has 2 rings (SSSR count). The predicted molar refractivity (Wildman–Crippen MR) is 66.8 cm³/mol. The smallest absolute Gasteiger partial charge is 0.234 e. The van der Waals surface area contributed by atoms with E-state index in [1.807, 2.05) is 13.0 Å². The first-order valence-electron chi connectivity index (χ1n) is 5.09. The number of aromatic nitrogens is 1. The molecule has 1 saturated carbocycles. The third-order valence-electron chi connectivity index (χ3n) is 2.45. The molecular formula is C10H13BrN2O2S. The maximum Gasteiger partial charge on any atom is 0.234 e. The van der Waals surface area contributed by atoms with E-state index in [-0.39, 0.29) is 5.75 Å². The molecule has 1 aliphatic carbocycles. The van der Waals surface area contributed by atoms with Crippen LogP contribution < -0.4 is 4.72 Å². The van der Waals surface area contributed by atoms with Gasteiger partial charge in [-0.3, -0.25) is 4.72 Å². The maximum atomic E-state index is 11.7. The second kappa shape index (κ2) is 4.33. The number of hydrogen-bond donors (Lipinski definition) is 1. The Morgan fingerprint density at radius 3 is 2.81 bits per heavy atom. The lowest BCUT2D eigenvalue weighted by Gasteiger charge is -2.09. The molecule has 6 heteroatoms. The number of halogens is 1. The second-order valence-corrected chi connectivity index (χ2v) is 6.83. The number of pyridine rings is 1. The lowest BCUT2D eigenvalue weighted by molar-refractivity contribution is 0.597. The van der Waals surface area contributed by atoms with Gasteiger partial charge in [0.2, 0.25) is 10.0 Å². The van der Waals surface area contributed by atoms with E-state index in [0.717, 1.165) is 22.9 Å². The Morgan fingerprint density at radius 1 is 1.56 bits per heavy atom. The Bertz CT molecular complexity index is 498. The predicted octanol–water partition coefficient (Wildman–Crippen LogP) is 2.30. The zero-order valence-electron chi connectivity index (χ0n) is 8.90. The molecule has 0 bridgehead atoms. The molecule has 16 heavy (non-hydrogen) atoms. The molecule has 0 spiro atoms. The fourth-order valence-corrected chi connectivity index (χ4v) is 3.42. The van der Waals surface area contributed by atoms with Gasteiger partial charge in [0.25, 0.3) is 0 Å². The largest absolute Gasteiger partial charge is 0.267 e. The molecule has 0 amide bonds. The Labute approximate surface area is 104 Å². The van der Waals surface area contributed by atoms with Crippen LogP contribution in [0.15, 0.2) is 16.7 Å². The number of rotatable bonds is 4. The molecule has 1 fully saturated rings. The summed E-state index contributed by atoms with van der Waals surface area (Å²) >= 11 is 3.29. The van der Waals surface area contributed by atoms with Gasteiger partial charge in [-0.1, -0.05) is 0 Å². The molecule has 0 saturated heterocycles. The van der Waals surface area contributed by atoms with Gasteiger partial charge in [-0.15, -0.1) is 0 Å². The number of anilines is 1. The Morgan fingerprint density at radius 2 is 2.25 bits per heavy atom. The fourth-order valence-electron chi connectivity index (χ4n) is 1.43. The van der Waals surface area contributed by atoms with Crippen molar-refractivity contribution in [3.8, 4) is 0 Å². The third-order valence-corrected chi connectivity index (χ3v) is 4.30. The van der Waals surface area contributed by atoms with E-state index in [9.17, 15) is 8.42 Å². The standard InChI is InChI=1S/C10H13BrN2O2S/c1-7-4-9(11)5-12-10(7)13-16(14,15)6-8-2-3-8/h4-5,8H,2-3,6H2,1H3,(H,12,13). The molecule has 4 nitrogen and oxygen atoms in total. The minimum Gasteiger partial charge on any atom is -0.267 e. The van der Waals surface area contributed by atoms with Crippen molar-refractivity contribution in [3.63, 3.8) is 0 Å². The molecule has 0 aliphatic heterocycles.